The number of amides is 1. The molecule has 3 atom stereocenters. The van der Waals surface area contributed by atoms with Crippen molar-refractivity contribution in [3.63, 3.8) is 0 Å². The molecule has 0 radical (unpaired) electrons. The quantitative estimate of drug-likeness (QED) is 0.739. The Morgan fingerprint density at radius 2 is 2.06 bits per heavy atom. The molecule has 0 aromatic carbocycles. The van der Waals surface area contributed by atoms with Crippen LogP contribution < -0.4 is 10.2 Å². The second-order valence-electron chi connectivity index (χ2n) is 10.4. The number of methoxy groups -OCH3 is 1. The van der Waals surface area contributed by atoms with Crippen molar-refractivity contribution in [3.8, 4) is 0 Å². The Hall–Kier alpha value is -1.77. The summed E-state index contributed by atoms with van der Waals surface area (Å²) in [4.78, 5) is 24.8. The van der Waals surface area contributed by atoms with Crippen LogP contribution in [0.15, 0.2) is 6.20 Å². The molecular formula is C23H32N4O4. The van der Waals surface area contributed by atoms with Gasteiger partial charge in [-0.25, -0.2) is 9.97 Å². The highest BCUT2D eigenvalue weighted by molar-refractivity contribution is 5.95. The smallest absolute Gasteiger partial charge is 0.254 e. The predicted molar refractivity (Wildman–Crippen MR) is 113 cm³/mol. The van der Waals surface area contributed by atoms with E-state index in [1.807, 2.05) is 0 Å². The third-order valence-electron chi connectivity index (χ3n) is 8.13. The molecule has 5 aliphatic carbocycles. The second-order valence-corrected chi connectivity index (χ2v) is 10.4. The summed E-state index contributed by atoms with van der Waals surface area (Å²) < 4.78 is 10.9. The molecule has 6 fully saturated rings. The monoisotopic (exact) mass is 428 g/mol. The van der Waals surface area contributed by atoms with Crippen LogP contribution in [-0.2, 0) is 9.47 Å². The van der Waals surface area contributed by atoms with Crippen molar-refractivity contribution in [1.29, 1.82) is 0 Å². The minimum atomic E-state index is -0.486. The molecule has 1 saturated heterocycles. The van der Waals surface area contributed by atoms with Gasteiger partial charge in [0.15, 0.2) is 6.29 Å². The van der Waals surface area contributed by atoms with E-state index in [1.165, 1.54) is 0 Å². The molecule has 7 rings (SSSR count). The van der Waals surface area contributed by atoms with Gasteiger partial charge in [0.25, 0.3) is 5.91 Å². The van der Waals surface area contributed by atoms with Gasteiger partial charge in [0.1, 0.15) is 0 Å². The van der Waals surface area contributed by atoms with E-state index in [1.54, 1.807) is 13.3 Å². The van der Waals surface area contributed by atoms with Crippen LogP contribution in [0.1, 0.15) is 66.9 Å². The number of aromatic nitrogens is 2. The van der Waals surface area contributed by atoms with E-state index < -0.39 is 5.60 Å². The highest BCUT2D eigenvalue weighted by Crippen LogP contribution is 2.55. The van der Waals surface area contributed by atoms with Crippen molar-refractivity contribution in [2.24, 2.45) is 17.8 Å². The molecular weight excluding hydrogens is 396 g/mol. The van der Waals surface area contributed by atoms with Crippen molar-refractivity contribution < 1.29 is 19.4 Å². The predicted octanol–water partition coefficient (Wildman–Crippen LogP) is 1.83. The molecule has 2 N–H and O–H groups in total. The van der Waals surface area contributed by atoms with Crippen LogP contribution in [0.4, 0.5) is 5.95 Å². The lowest BCUT2D eigenvalue weighted by Crippen LogP contribution is -2.61. The van der Waals surface area contributed by atoms with Gasteiger partial charge in [-0.05, 0) is 62.7 Å². The van der Waals surface area contributed by atoms with Crippen LogP contribution in [-0.4, -0.2) is 65.7 Å². The minimum absolute atomic E-state index is 0.0466. The van der Waals surface area contributed by atoms with E-state index in [2.05, 4.69) is 15.2 Å². The van der Waals surface area contributed by atoms with E-state index in [4.69, 9.17) is 14.5 Å². The van der Waals surface area contributed by atoms with Crippen LogP contribution in [0, 0.1) is 17.8 Å². The molecule has 1 aliphatic heterocycles. The third-order valence-corrected chi connectivity index (χ3v) is 8.13. The number of hydrogen-bond donors (Lipinski definition) is 2. The van der Waals surface area contributed by atoms with Crippen molar-refractivity contribution in [2.45, 2.75) is 68.8 Å². The van der Waals surface area contributed by atoms with Crippen LogP contribution in [0.3, 0.4) is 0 Å². The van der Waals surface area contributed by atoms with Gasteiger partial charge in [0.2, 0.25) is 5.95 Å². The molecule has 3 unspecified atom stereocenters. The number of aliphatic hydroxyl groups is 1. The standard InChI is InChI=1S/C23H32N4O4/c1-30-18-12-27(4-5-31-18)22-24-11-17(20(26-22)14-2-3-14)21(28)25-19-15-6-13-7-16(19)10-23(29,8-13)9-15/h11,13-16,18-19,29H,2-10,12H2,1H3,(H,25,28). The summed E-state index contributed by atoms with van der Waals surface area (Å²) in [5.74, 6) is 2.37. The largest absolute Gasteiger partial charge is 0.390 e. The SMILES string of the molecule is COC1CN(c2ncc(C(=O)NC3C4CC5CC3CC(O)(C5)C4)c(C3CC3)n2)CCO1. The number of hydrogen-bond acceptors (Lipinski definition) is 7. The maximum absolute atomic E-state index is 13.3. The number of anilines is 1. The topological polar surface area (TPSA) is 96.8 Å². The van der Waals surface area contributed by atoms with E-state index in [-0.39, 0.29) is 18.2 Å². The Kier molecular flexibility index (Phi) is 4.74. The second kappa shape index (κ2) is 7.39. The summed E-state index contributed by atoms with van der Waals surface area (Å²) in [6.45, 7) is 1.87. The van der Waals surface area contributed by atoms with Crippen molar-refractivity contribution in [3.05, 3.63) is 17.5 Å². The van der Waals surface area contributed by atoms with E-state index in [9.17, 15) is 9.90 Å². The minimum Gasteiger partial charge on any atom is -0.390 e. The van der Waals surface area contributed by atoms with Crippen LogP contribution >= 0.6 is 0 Å². The summed E-state index contributed by atoms with van der Waals surface area (Å²) in [5.41, 5.74) is 1.01. The van der Waals surface area contributed by atoms with Gasteiger partial charge in [-0.3, -0.25) is 4.79 Å². The van der Waals surface area contributed by atoms with E-state index >= 15 is 0 Å². The maximum atomic E-state index is 13.3. The molecule has 1 aromatic rings. The summed E-state index contributed by atoms with van der Waals surface area (Å²) in [6.07, 6.45) is 8.45. The lowest BCUT2D eigenvalue weighted by molar-refractivity contribution is -0.136. The number of ether oxygens (including phenoxy) is 2. The van der Waals surface area contributed by atoms with Crippen molar-refractivity contribution in [2.75, 3.05) is 31.7 Å². The zero-order chi connectivity index (χ0) is 21.2. The lowest BCUT2D eigenvalue weighted by Gasteiger charge is -2.58. The summed E-state index contributed by atoms with van der Waals surface area (Å²) in [6, 6.07) is 0.165. The summed E-state index contributed by atoms with van der Waals surface area (Å²) in [5, 5.41) is 14.2. The number of nitrogens with one attached hydrogen (secondary N) is 1. The van der Waals surface area contributed by atoms with Crippen molar-refractivity contribution in [1.82, 2.24) is 15.3 Å². The first-order chi connectivity index (χ1) is 15.0. The number of morpholine rings is 1. The van der Waals surface area contributed by atoms with E-state index in [0.29, 0.717) is 54.9 Å². The lowest BCUT2D eigenvalue weighted by atomic mass is 9.52. The van der Waals surface area contributed by atoms with Gasteiger partial charge in [-0.15, -0.1) is 0 Å². The Balaban J connectivity index is 1.21. The zero-order valence-corrected chi connectivity index (χ0v) is 18.1. The molecule has 8 nitrogen and oxygen atoms in total. The highest BCUT2D eigenvalue weighted by Gasteiger charge is 2.55. The molecule has 31 heavy (non-hydrogen) atoms. The first-order valence-electron chi connectivity index (χ1n) is 11.8. The molecule has 168 valence electrons. The van der Waals surface area contributed by atoms with Crippen LogP contribution in [0.5, 0.6) is 0 Å². The number of carbonyl (C=O) groups is 1. The Morgan fingerprint density at radius 1 is 1.29 bits per heavy atom. The molecule has 1 aromatic heterocycles. The Bertz CT molecular complexity index is 859. The van der Waals surface area contributed by atoms with Gasteiger partial charge in [0.05, 0.1) is 30.0 Å². The first-order valence-corrected chi connectivity index (χ1v) is 11.8. The fourth-order valence-electron chi connectivity index (χ4n) is 6.77. The summed E-state index contributed by atoms with van der Waals surface area (Å²) >= 11 is 0. The fraction of sp³-hybridized carbons (Fsp3) is 0.783. The average Bonchev–Trinajstić information content (AvgIpc) is 3.60. The highest BCUT2D eigenvalue weighted by atomic mass is 16.7. The first kappa shape index (κ1) is 19.9. The molecule has 6 aliphatic rings. The molecule has 0 spiro atoms. The fourth-order valence-corrected chi connectivity index (χ4v) is 6.77. The number of rotatable bonds is 5. The third kappa shape index (κ3) is 3.62. The van der Waals surface area contributed by atoms with Crippen LogP contribution in [0.25, 0.3) is 0 Å². The van der Waals surface area contributed by atoms with Gasteiger partial charge < -0.3 is 24.8 Å². The zero-order valence-electron chi connectivity index (χ0n) is 18.1. The Morgan fingerprint density at radius 3 is 2.74 bits per heavy atom. The van der Waals surface area contributed by atoms with Crippen molar-refractivity contribution >= 4 is 11.9 Å². The molecule has 1 amide bonds. The molecule has 4 bridgehead atoms. The maximum Gasteiger partial charge on any atom is 0.254 e. The van der Waals surface area contributed by atoms with E-state index in [0.717, 1.165) is 50.6 Å². The molecule has 2 heterocycles. The molecule has 5 saturated carbocycles. The van der Waals surface area contributed by atoms with Gasteiger partial charge >= 0.3 is 0 Å². The average molecular weight is 429 g/mol. The van der Waals surface area contributed by atoms with Crippen LogP contribution in [0.2, 0.25) is 0 Å². The summed E-state index contributed by atoms with van der Waals surface area (Å²) in [7, 11) is 1.64. The van der Waals surface area contributed by atoms with Gasteiger partial charge in [-0.1, -0.05) is 0 Å². The number of nitrogens with zero attached hydrogens (tertiary/aromatic N) is 3. The molecule has 8 heteroatoms. The number of carbonyl (C=O) groups excluding carboxylic acids is 1. The van der Waals surface area contributed by atoms with Gasteiger partial charge in [-0.2, -0.15) is 0 Å². The normalized spacial score (nSPS) is 39.0. The van der Waals surface area contributed by atoms with Gasteiger partial charge in [0, 0.05) is 31.8 Å². The Labute approximate surface area is 182 Å².